The Morgan fingerprint density at radius 3 is 2.77 bits per heavy atom. The lowest BCUT2D eigenvalue weighted by Gasteiger charge is -2.06. The summed E-state index contributed by atoms with van der Waals surface area (Å²) in [6, 6.07) is 16.3. The van der Waals surface area contributed by atoms with Crippen LogP contribution in [0.15, 0.2) is 65.1 Å². The van der Waals surface area contributed by atoms with Gasteiger partial charge in [0.1, 0.15) is 5.01 Å². The van der Waals surface area contributed by atoms with Gasteiger partial charge in [-0.2, -0.15) is 0 Å². The van der Waals surface area contributed by atoms with E-state index in [-0.39, 0.29) is 0 Å². The molecule has 0 saturated heterocycles. The Hall–Kier alpha value is -2.92. The van der Waals surface area contributed by atoms with Gasteiger partial charge in [-0.1, -0.05) is 30.3 Å². The number of fused-ring (bicyclic) bond motifs is 1. The molecule has 4 aromatic rings. The van der Waals surface area contributed by atoms with Gasteiger partial charge < -0.3 is 0 Å². The van der Waals surface area contributed by atoms with Crippen molar-refractivity contribution < 1.29 is 0 Å². The predicted molar refractivity (Wildman–Crippen MR) is 108 cm³/mol. The molecule has 0 aliphatic carbocycles. The van der Waals surface area contributed by atoms with Crippen LogP contribution in [0.2, 0.25) is 0 Å². The molecule has 1 aromatic carbocycles. The number of rotatable bonds is 4. The highest BCUT2D eigenvalue weighted by Crippen LogP contribution is 2.24. The summed E-state index contributed by atoms with van der Waals surface area (Å²) in [6.45, 7) is 4.59. The predicted octanol–water partition coefficient (Wildman–Crippen LogP) is 5.07. The van der Waals surface area contributed by atoms with Crippen molar-refractivity contribution in [1.29, 1.82) is 0 Å². The number of aromatic nitrogens is 3. The van der Waals surface area contributed by atoms with Crippen molar-refractivity contribution in [3.63, 3.8) is 0 Å². The van der Waals surface area contributed by atoms with E-state index >= 15 is 0 Å². The maximum atomic E-state index is 4.74. The molecule has 3 heterocycles. The number of thiazole rings is 1. The summed E-state index contributed by atoms with van der Waals surface area (Å²) < 4.78 is 0. The molecule has 26 heavy (non-hydrogen) atoms. The van der Waals surface area contributed by atoms with Crippen LogP contribution in [0.5, 0.6) is 0 Å². The largest absolute Gasteiger partial charge is 0.283 e. The summed E-state index contributed by atoms with van der Waals surface area (Å²) in [7, 11) is 0. The second-order valence-corrected chi connectivity index (χ2v) is 6.94. The van der Waals surface area contributed by atoms with Gasteiger partial charge in [0.15, 0.2) is 5.65 Å². The van der Waals surface area contributed by atoms with E-state index < -0.39 is 0 Å². The maximum Gasteiger partial charge on any atom is 0.159 e. The first-order chi connectivity index (χ1) is 12.7. The van der Waals surface area contributed by atoms with E-state index in [9.17, 15) is 0 Å². The summed E-state index contributed by atoms with van der Waals surface area (Å²) in [4.78, 5) is 18.3. The first-order valence-corrected chi connectivity index (χ1v) is 9.32. The first-order valence-electron chi connectivity index (χ1n) is 8.44. The Balaban J connectivity index is 1.57. The standard InChI is InChI=1S/C21H18N4S/c1-14(19-11-17-9-6-10-22-20(17)24-15(19)2)23-12-18-13-26-21(25-18)16-7-4-3-5-8-16/h3-11,13H,12H2,1-2H3. The van der Waals surface area contributed by atoms with Gasteiger partial charge in [-0.05, 0) is 32.0 Å². The Morgan fingerprint density at radius 1 is 1.08 bits per heavy atom. The molecule has 0 spiro atoms. The summed E-state index contributed by atoms with van der Waals surface area (Å²) >= 11 is 1.65. The Labute approximate surface area is 156 Å². The number of nitrogens with zero attached hydrogens (tertiary/aromatic N) is 4. The van der Waals surface area contributed by atoms with E-state index in [1.807, 2.05) is 44.2 Å². The molecule has 0 N–H and O–H groups in total. The molecule has 0 amide bonds. The number of hydrogen-bond acceptors (Lipinski definition) is 5. The minimum absolute atomic E-state index is 0.569. The van der Waals surface area contributed by atoms with Crippen LogP contribution in [0.1, 0.15) is 23.9 Å². The van der Waals surface area contributed by atoms with Gasteiger partial charge in [0.2, 0.25) is 0 Å². The Bertz CT molecular complexity index is 1080. The summed E-state index contributed by atoms with van der Waals surface area (Å²) in [6.07, 6.45) is 1.77. The van der Waals surface area contributed by atoms with Crippen molar-refractivity contribution in [1.82, 2.24) is 15.0 Å². The second-order valence-electron chi connectivity index (χ2n) is 6.08. The minimum atomic E-state index is 0.569. The Morgan fingerprint density at radius 2 is 1.92 bits per heavy atom. The van der Waals surface area contributed by atoms with Crippen molar-refractivity contribution in [2.75, 3.05) is 0 Å². The van der Waals surface area contributed by atoms with E-state index in [1.165, 1.54) is 0 Å². The zero-order valence-electron chi connectivity index (χ0n) is 14.7. The normalized spacial score (nSPS) is 11.8. The van der Waals surface area contributed by atoms with Gasteiger partial charge in [0.05, 0.1) is 12.2 Å². The van der Waals surface area contributed by atoms with Crippen molar-refractivity contribution in [3.8, 4) is 10.6 Å². The lowest BCUT2D eigenvalue weighted by atomic mass is 10.1. The molecular weight excluding hydrogens is 340 g/mol. The number of pyridine rings is 2. The maximum absolute atomic E-state index is 4.74. The zero-order valence-corrected chi connectivity index (χ0v) is 15.5. The van der Waals surface area contributed by atoms with Crippen molar-refractivity contribution in [2.45, 2.75) is 20.4 Å². The average Bonchev–Trinajstić information content (AvgIpc) is 3.15. The van der Waals surface area contributed by atoms with Gasteiger partial charge in [-0.25, -0.2) is 15.0 Å². The molecule has 0 atom stereocenters. The molecule has 0 aliphatic rings. The highest BCUT2D eigenvalue weighted by molar-refractivity contribution is 7.13. The molecule has 0 saturated carbocycles. The molecule has 5 heteroatoms. The smallest absolute Gasteiger partial charge is 0.159 e. The average molecular weight is 358 g/mol. The molecule has 0 bridgehead atoms. The molecule has 4 rings (SSSR count). The van der Waals surface area contributed by atoms with E-state index in [0.717, 1.165) is 44.3 Å². The monoisotopic (exact) mass is 358 g/mol. The first kappa shape index (κ1) is 16.5. The number of aliphatic imine (C=N–C) groups is 1. The van der Waals surface area contributed by atoms with Crippen LogP contribution in [-0.4, -0.2) is 20.7 Å². The third kappa shape index (κ3) is 3.39. The van der Waals surface area contributed by atoms with Crippen LogP contribution in [0.4, 0.5) is 0 Å². The van der Waals surface area contributed by atoms with Gasteiger partial charge in [-0.3, -0.25) is 4.99 Å². The number of benzene rings is 1. The third-order valence-electron chi connectivity index (χ3n) is 4.22. The fourth-order valence-electron chi connectivity index (χ4n) is 2.84. The van der Waals surface area contributed by atoms with Crippen LogP contribution in [0.3, 0.4) is 0 Å². The van der Waals surface area contributed by atoms with Gasteiger partial charge >= 0.3 is 0 Å². The zero-order chi connectivity index (χ0) is 17.9. The van der Waals surface area contributed by atoms with Crippen LogP contribution in [0, 0.1) is 6.92 Å². The van der Waals surface area contributed by atoms with Gasteiger partial charge in [0.25, 0.3) is 0 Å². The van der Waals surface area contributed by atoms with E-state index in [4.69, 9.17) is 9.98 Å². The quantitative estimate of drug-likeness (QED) is 0.479. The molecule has 0 aliphatic heterocycles. The van der Waals surface area contributed by atoms with Gasteiger partial charge in [0, 0.05) is 39.5 Å². The van der Waals surface area contributed by atoms with Crippen molar-refractivity contribution in [2.24, 2.45) is 4.99 Å². The molecule has 4 nitrogen and oxygen atoms in total. The number of aryl methyl sites for hydroxylation is 1. The fraction of sp³-hybridized carbons (Fsp3) is 0.143. The van der Waals surface area contributed by atoms with Crippen LogP contribution >= 0.6 is 11.3 Å². The third-order valence-corrected chi connectivity index (χ3v) is 5.16. The van der Waals surface area contributed by atoms with Crippen molar-refractivity contribution in [3.05, 3.63) is 77.1 Å². The number of hydrogen-bond donors (Lipinski definition) is 0. The van der Waals surface area contributed by atoms with Crippen LogP contribution in [-0.2, 0) is 6.54 Å². The minimum Gasteiger partial charge on any atom is -0.283 e. The van der Waals surface area contributed by atoms with Gasteiger partial charge in [-0.15, -0.1) is 11.3 Å². The molecule has 0 unspecified atom stereocenters. The Kier molecular flexibility index (Phi) is 4.54. The molecule has 0 fully saturated rings. The topological polar surface area (TPSA) is 51.0 Å². The van der Waals surface area contributed by atoms with E-state index in [2.05, 4.69) is 33.5 Å². The summed E-state index contributed by atoms with van der Waals surface area (Å²) in [5, 5.41) is 4.14. The van der Waals surface area contributed by atoms with Crippen LogP contribution in [0.25, 0.3) is 21.6 Å². The molecular formula is C21H18N4S. The second kappa shape index (κ2) is 7.14. The van der Waals surface area contributed by atoms with Crippen molar-refractivity contribution >= 4 is 28.1 Å². The SMILES string of the molecule is CC(=NCc1csc(-c2ccccc2)n1)c1cc2cccnc2nc1C. The lowest BCUT2D eigenvalue weighted by Crippen LogP contribution is -2.02. The van der Waals surface area contributed by atoms with E-state index in [0.29, 0.717) is 6.54 Å². The lowest BCUT2D eigenvalue weighted by molar-refractivity contribution is 1.01. The highest BCUT2D eigenvalue weighted by atomic mass is 32.1. The highest BCUT2D eigenvalue weighted by Gasteiger charge is 2.08. The molecule has 3 aromatic heterocycles. The fourth-order valence-corrected chi connectivity index (χ4v) is 3.66. The van der Waals surface area contributed by atoms with E-state index in [1.54, 1.807) is 17.5 Å². The summed E-state index contributed by atoms with van der Waals surface area (Å²) in [5.41, 5.74) is 5.88. The summed E-state index contributed by atoms with van der Waals surface area (Å²) in [5.74, 6) is 0. The molecule has 0 radical (unpaired) electrons. The van der Waals surface area contributed by atoms with Crippen LogP contribution < -0.4 is 0 Å². The molecule has 128 valence electrons.